The fourth-order valence-corrected chi connectivity index (χ4v) is 3.34. The first-order chi connectivity index (χ1) is 11.9. The number of rotatable bonds is 8. The summed E-state index contributed by atoms with van der Waals surface area (Å²) in [7, 11) is 2.67. The number of hydrogen-bond donors (Lipinski definition) is 0. The van der Waals surface area contributed by atoms with Crippen molar-refractivity contribution in [2.45, 2.75) is 53.1 Å². The molecule has 0 aliphatic rings. The number of ketones is 1. The molecular formula is C22H30LiO2P. The summed E-state index contributed by atoms with van der Waals surface area (Å²) in [6.45, 7) is 8.29. The van der Waals surface area contributed by atoms with E-state index in [1.807, 2.05) is 56.3 Å². The number of carbonyl (C=O) groups excluding carboxylic acids is 1. The van der Waals surface area contributed by atoms with Gasteiger partial charge in [0.05, 0.1) is 0 Å². The van der Waals surface area contributed by atoms with E-state index in [-0.39, 0.29) is 30.6 Å². The van der Waals surface area contributed by atoms with Gasteiger partial charge in [0.1, 0.15) is 5.75 Å². The van der Waals surface area contributed by atoms with Gasteiger partial charge in [0, 0.05) is 11.5 Å². The van der Waals surface area contributed by atoms with Crippen molar-refractivity contribution in [2.75, 3.05) is 0 Å². The van der Waals surface area contributed by atoms with Crippen LogP contribution < -0.4 is 10.0 Å². The molecule has 0 aromatic heterocycles. The second kappa shape index (κ2) is 10.9. The van der Waals surface area contributed by atoms with Gasteiger partial charge in [-0.05, 0) is 48.8 Å². The molecule has 2 rings (SSSR count). The Labute approximate surface area is 172 Å². The van der Waals surface area contributed by atoms with Gasteiger partial charge in [-0.25, -0.2) is 0 Å². The van der Waals surface area contributed by atoms with Gasteiger partial charge in [-0.1, -0.05) is 57.0 Å². The SMILES string of the molecule is CCCCC(C)C(Oc1ccc(P)cc1)C(=O)c1c(C)cccc1C.[LiH]. The summed E-state index contributed by atoms with van der Waals surface area (Å²) in [5.74, 6) is 1.01. The average molecular weight is 364 g/mol. The van der Waals surface area contributed by atoms with Crippen molar-refractivity contribution in [1.82, 2.24) is 0 Å². The van der Waals surface area contributed by atoms with Gasteiger partial charge in [0.2, 0.25) is 5.78 Å². The van der Waals surface area contributed by atoms with Crippen LogP contribution in [0.25, 0.3) is 0 Å². The van der Waals surface area contributed by atoms with Gasteiger partial charge < -0.3 is 4.74 Å². The molecule has 0 aliphatic heterocycles. The molecule has 3 atom stereocenters. The molecule has 26 heavy (non-hydrogen) atoms. The van der Waals surface area contributed by atoms with E-state index in [1.165, 1.54) is 0 Å². The molecular weight excluding hydrogens is 334 g/mol. The molecule has 136 valence electrons. The molecule has 0 aliphatic carbocycles. The van der Waals surface area contributed by atoms with E-state index in [4.69, 9.17) is 4.74 Å². The molecule has 0 spiro atoms. The third-order valence-electron chi connectivity index (χ3n) is 4.66. The zero-order valence-electron chi connectivity index (χ0n) is 15.7. The topological polar surface area (TPSA) is 26.3 Å². The van der Waals surface area contributed by atoms with E-state index in [0.717, 1.165) is 47.0 Å². The minimum atomic E-state index is -0.457. The molecule has 0 saturated heterocycles. The predicted octanol–water partition coefficient (Wildman–Crippen LogP) is 4.61. The normalized spacial score (nSPS) is 12.8. The molecule has 4 heteroatoms. The Morgan fingerprint density at radius 2 is 1.65 bits per heavy atom. The summed E-state index contributed by atoms with van der Waals surface area (Å²) in [4.78, 5) is 13.3. The van der Waals surface area contributed by atoms with Crippen LogP contribution in [0.15, 0.2) is 42.5 Å². The Balaban J connectivity index is 0.00000338. The Hall–Kier alpha value is -1.06. The number of unbranched alkanes of at least 4 members (excludes halogenated alkanes) is 1. The van der Waals surface area contributed by atoms with E-state index >= 15 is 0 Å². The molecule has 0 bridgehead atoms. The molecule has 0 fully saturated rings. The van der Waals surface area contributed by atoms with Crippen LogP contribution in [-0.2, 0) is 0 Å². The monoisotopic (exact) mass is 364 g/mol. The maximum atomic E-state index is 13.3. The minimum absolute atomic E-state index is 0. The number of benzene rings is 2. The first-order valence-electron chi connectivity index (χ1n) is 9.06. The number of Topliss-reactive ketones (excluding diaryl/α,β-unsaturated/α-hetero) is 1. The second-order valence-corrected chi connectivity index (χ2v) is 7.52. The fourth-order valence-electron chi connectivity index (χ4n) is 3.14. The molecule has 0 saturated carbocycles. The average Bonchev–Trinajstić information content (AvgIpc) is 2.58. The number of aryl methyl sites for hydroxylation is 2. The van der Waals surface area contributed by atoms with Gasteiger partial charge in [-0.3, -0.25) is 4.79 Å². The van der Waals surface area contributed by atoms with Crippen LogP contribution in [-0.4, -0.2) is 30.7 Å². The summed E-state index contributed by atoms with van der Waals surface area (Å²) in [5, 5.41) is 1.10. The van der Waals surface area contributed by atoms with Crippen molar-refractivity contribution in [1.29, 1.82) is 0 Å². The third-order valence-corrected chi connectivity index (χ3v) is 5.04. The third kappa shape index (κ3) is 5.99. The van der Waals surface area contributed by atoms with Crippen molar-refractivity contribution in [3.63, 3.8) is 0 Å². The molecule has 3 unspecified atom stereocenters. The molecule has 0 radical (unpaired) electrons. The first kappa shape index (κ1) is 23.0. The molecule has 2 aromatic carbocycles. The van der Waals surface area contributed by atoms with Crippen molar-refractivity contribution in [3.8, 4) is 5.75 Å². The van der Waals surface area contributed by atoms with Crippen molar-refractivity contribution in [2.24, 2.45) is 5.92 Å². The predicted molar refractivity (Wildman–Crippen MR) is 116 cm³/mol. The van der Waals surface area contributed by atoms with E-state index in [0.29, 0.717) is 0 Å². The maximum absolute atomic E-state index is 13.3. The van der Waals surface area contributed by atoms with E-state index in [9.17, 15) is 4.79 Å². The summed E-state index contributed by atoms with van der Waals surface area (Å²) in [6, 6.07) is 13.8. The van der Waals surface area contributed by atoms with Gasteiger partial charge in [-0.2, -0.15) is 0 Å². The zero-order valence-corrected chi connectivity index (χ0v) is 16.9. The van der Waals surface area contributed by atoms with E-state index in [2.05, 4.69) is 23.1 Å². The summed E-state index contributed by atoms with van der Waals surface area (Å²) >= 11 is 0. The Bertz CT molecular complexity index is 692. The number of ether oxygens (including phenoxy) is 1. The first-order valence-corrected chi connectivity index (χ1v) is 9.64. The molecule has 2 nitrogen and oxygen atoms in total. The Morgan fingerprint density at radius 1 is 1.08 bits per heavy atom. The van der Waals surface area contributed by atoms with Gasteiger partial charge in [-0.15, -0.1) is 9.24 Å². The van der Waals surface area contributed by atoms with Crippen LogP contribution in [0.1, 0.15) is 54.6 Å². The van der Waals surface area contributed by atoms with Crippen molar-refractivity contribution >= 4 is 39.2 Å². The number of carbonyl (C=O) groups is 1. The zero-order chi connectivity index (χ0) is 18.4. The fraction of sp³-hybridized carbons (Fsp3) is 0.409. The quantitative estimate of drug-likeness (QED) is 0.388. The van der Waals surface area contributed by atoms with E-state index < -0.39 is 6.10 Å². The van der Waals surface area contributed by atoms with Crippen LogP contribution >= 0.6 is 9.24 Å². The molecule has 0 N–H and O–H groups in total. The van der Waals surface area contributed by atoms with Crippen LogP contribution in [0, 0.1) is 19.8 Å². The number of hydrogen-bond acceptors (Lipinski definition) is 2. The Morgan fingerprint density at radius 3 is 2.19 bits per heavy atom. The van der Waals surface area contributed by atoms with Gasteiger partial charge in [0.15, 0.2) is 6.10 Å². The van der Waals surface area contributed by atoms with Crippen molar-refractivity contribution in [3.05, 3.63) is 59.2 Å². The summed E-state index contributed by atoms with van der Waals surface area (Å²) in [5.41, 5.74) is 2.83. The second-order valence-electron chi connectivity index (χ2n) is 6.86. The molecule has 0 heterocycles. The van der Waals surface area contributed by atoms with Crippen LogP contribution in [0.2, 0.25) is 0 Å². The van der Waals surface area contributed by atoms with Crippen molar-refractivity contribution < 1.29 is 9.53 Å². The standard InChI is InChI=1S/C22H29O2P.Li.H/c1-5-6-8-17(4)22(24-18-11-13-19(25)14-12-18)21(23)20-15(2)9-7-10-16(20)3;;/h7,9-14,17,22H,5-6,8,25H2,1-4H3;;. The molecule has 2 aromatic rings. The Kier molecular flexibility index (Phi) is 9.66. The molecule has 0 amide bonds. The summed E-state index contributed by atoms with van der Waals surface area (Å²) < 4.78 is 6.20. The van der Waals surface area contributed by atoms with Crippen LogP contribution in [0.3, 0.4) is 0 Å². The van der Waals surface area contributed by atoms with Crippen LogP contribution in [0.4, 0.5) is 0 Å². The van der Waals surface area contributed by atoms with Gasteiger partial charge in [0.25, 0.3) is 0 Å². The van der Waals surface area contributed by atoms with E-state index in [1.54, 1.807) is 0 Å². The van der Waals surface area contributed by atoms with Gasteiger partial charge >= 0.3 is 18.9 Å². The van der Waals surface area contributed by atoms with Crippen LogP contribution in [0.5, 0.6) is 5.75 Å². The summed E-state index contributed by atoms with van der Waals surface area (Å²) in [6.07, 6.45) is 2.75.